The van der Waals surface area contributed by atoms with Crippen LogP contribution in [0.2, 0.25) is 0 Å². The van der Waals surface area contributed by atoms with Crippen LogP contribution in [0.1, 0.15) is 18.9 Å². The Morgan fingerprint density at radius 3 is 2.94 bits per heavy atom. The molecule has 3 rings (SSSR count). The van der Waals surface area contributed by atoms with Crippen molar-refractivity contribution in [2.45, 2.75) is 19.9 Å². The summed E-state index contributed by atoms with van der Waals surface area (Å²) in [6.45, 7) is 8.51. The maximum Gasteiger partial charge on any atom is 0.0234 e. The number of benzene rings is 1. The minimum atomic E-state index is 0.507. The maximum atomic E-state index is 3.55. The summed E-state index contributed by atoms with van der Waals surface area (Å²) >= 11 is 0. The van der Waals surface area contributed by atoms with Gasteiger partial charge >= 0.3 is 0 Å². The third-order valence-electron chi connectivity index (χ3n) is 4.50. The van der Waals surface area contributed by atoms with E-state index >= 15 is 0 Å². The van der Waals surface area contributed by atoms with E-state index < -0.39 is 0 Å². The van der Waals surface area contributed by atoms with Crippen molar-refractivity contribution in [2.24, 2.45) is 11.3 Å². The lowest BCUT2D eigenvalue weighted by atomic mass is 9.76. The van der Waals surface area contributed by atoms with E-state index in [-0.39, 0.29) is 0 Å². The molecular formula is C15H22N2. The third kappa shape index (κ3) is 2.24. The molecule has 2 aliphatic heterocycles. The molecule has 1 aromatic rings. The van der Waals surface area contributed by atoms with E-state index in [0.29, 0.717) is 5.41 Å². The van der Waals surface area contributed by atoms with Gasteiger partial charge in [0.15, 0.2) is 0 Å². The van der Waals surface area contributed by atoms with Crippen molar-refractivity contribution in [1.82, 2.24) is 10.2 Å². The molecule has 2 nitrogen and oxygen atoms in total. The Morgan fingerprint density at radius 2 is 2.18 bits per heavy atom. The molecule has 92 valence electrons. The summed E-state index contributed by atoms with van der Waals surface area (Å²) < 4.78 is 0. The number of piperidine rings is 1. The van der Waals surface area contributed by atoms with E-state index in [9.17, 15) is 0 Å². The molecule has 0 amide bonds. The Labute approximate surface area is 104 Å². The lowest BCUT2D eigenvalue weighted by molar-refractivity contribution is 0.188. The Morgan fingerprint density at radius 1 is 1.35 bits per heavy atom. The number of hydrogen-bond acceptors (Lipinski definition) is 2. The maximum absolute atomic E-state index is 3.55. The molecule has 1 aromatic carbocycles. The fraction of sp³-hybridized carbons (Fsp3) is 0.600. The number of hydrogen-bond donors (Lipinski definition) is 1. The minimum absolute atomic E-state index is 0.507. The van der Waals surface area contributed by atoms with E-state index in [1.54, 1.807) is 0 Å². The zero-order chi connectivity index (χ0) is 11.7. The predicted molar refractivity (Wildman–Crippen MR) is 70.8 cm³/mol. The van der Waals surface area contributed by atoms with Crippen LogP contribution in [0, 0.1) is 11.3 Å². The number of nitrogens with one attached hydrogen (secondary N) is 1. The second-order valence-electron chi connectivity index (χ2n) is 5.97. The molecule has 1 unspecified atom stereocenters. The summed E-state index contributed by atoms with van der Waals surface area (Å²) in [6.07, 6.45) is 1.35. The van der Waals surface area contributed by atoms with Gasteiger partial charge in [-0.25, -0.2) is 0 Å². The fourth-order valence-electron chi connectivity index (χ4n) is 3.49. The number of rotatable bonds is 2. The summed E-state index contributed by atoms with van der Waals surface area (Å²) in [5, 5.41) is 3.55. The van der Waals surface area contributed by atoms with Gasteiger partial charge in [0.1, 0.15) is 0 Å². The van der Waals surface area contributed by atoms with Gasteiger partial charge in [0.05, 0.1) is 0 Å². The van der Waals surface area contributed by atoms with Crippen LogP contribution in [-0.4, -0.2) is 31.1 Å². The van der Waals surface area contributed by atoms with Crippen molar-refractivity contribution in [1.29, 1.82) is 0 Å². The van der Waals surface area contributed by atoms with Crippen LogP contribution in [-0.2, 0) is 6.54 Å². The van der Waals surface area contributed by atoms with Gasteiger partial charge in [-0.15, -0.1) is 0 Å². The Kier molecular flexibility index (Phi) is 2.93. The van der Waals surface area contributed by atoms with Crippen molar-refractivity contribution in [3.8, 4) is 0 Å². The summed E-state index contributed by atoms with van der Waals surface area (Å²) in [4.78, 5) is 2.63. The summed E-state index contributed by atoms with van der Waals surface area (Å²) in [6, 6.07) is 10.9. The van der Waals surface area contributed by atoms with Gasteiger partial charge < -0.3 is 5.32 Å². The highest BCUT2D eigenvalue weighted by atomic mass is 15.2. The van der Waals surface area contributed by atoms with Gasteiger partial charge in [-0.05, 0) is 29.9 Å². The molecule has 17 heavy (non-hydrogen) atoms. The molecule has 2 aliphatic rings. The van der Waals surface area contributed by atoms with E-state index in [1.165, 1.54) is 38.2 Å². The van der Waals surface area contributed by atoms with E-state index in [0.717, 1.165) is 12.5 Å². The first-order chi connectivity index (χ1) is 8.26. The first-order valence-corrected chi connectivity index (χ1v) is 6.73. The van der Waals surface area contributed by atoms with Gasteiger partial charge in [0, 0.05) is 26.2 Å². The highest BCUT2D eigenvalue weighted by Gasteiger charge is 2.43. The fourth-order valence-corrected chi connectivity index (χ4v) is 3.49. The standard InChI is InChI=1S/C15H22N2/c1-15-11-16-8-7-14(15)10-17(12-15)9-13-5-3-2-4-6-13/h2-6,14,16H,7-12H2,1H3/t14-,15?/m1/s1. The molecule has 2 heteroatoms. The van der Waals surface area contributed by atoms with Crippen molar-refractivity contribution in [2.75, 3.05) is 26.2 Å². The van der Waals surface area contributed by atoms with Crippen LogP contribution >= 0.6 is 0 Å². The monoisotopic (exact) mass is 230 g/mol. The largest absolute Gasteiger partial charge is 0.316 e. The minimum Gasteiger partial charge on any atom is -0.316 e. The van der Waals surface area contributed by atoms with Crippen LogP contribution in [0.4, 0.5) is 0 Å². The van der Waals surface area contributed by atoms with Crippen LogP contribution < -0.4 is 5.32 Å². The first kappa shape index (κ1) is 11.2. The molecule has 2 atom stereocenters. The smallest absolute Gasteiger partial charge is 0.0234 e. The second kappa shape index (κ2) is 4.43. The average Bonchev–Trinajstić information content (AvgIpc) is 2.66. The van der Waals surface area contributed by atoms with Gasteiger partial charge in [-0.2, -0.15) is 0 Å². The van der Waals surface area contributed by atoms with Gasteiger partial charge in [-0.1, -0.05) is 37.3 Å². The van der Waals surface area contributed by atoms with Crippen molar-refractivity contribution in [3.05, 3.63) is 35.9 Å². The molecule has 0 radical (unpaired) electrons. The second-order valence-corrected chi connectivity index (χ2v) is 5.97. The predicted octanol–water partition coefficient (Wildman–Crippen LogP) is 2.12. The van der Waals surface area contributed by atoms with Crippen LogP contribution in [0.3, 0.4) is 0 Å². The van der Waals surface area contributed by atoms with E-state index in [2.05, 4.69) is 47.5 Å². The van der Waals surface area contributed by atoms with Crippen molar-refractivity contribution in [3.63, 3.8) is 0 Å². The molecular weight excluding hydrogens is 208 g/mol. The molecule has 1 N–H and O–H groups in total. The van der Waals surface area contributed by atoms with Crippen molar-refractivity contribution < 1.29 is 0 Å². The normalized spacial score (nSPS) is 33.6. The lowest BCUT2D eigenvalue weighted by Crippen LogP contribution is -2.44. The first-order valence-electron chi connectivity index (χ1n) is 6.73. The number of likely N-dealkylation sites (tertiary alicyclic amines) is 1. The molecule has 0 saturated carbocycles. The highest BCUT2D eigenvalue weighted by molar-refractivity contribution is 5.15. The molecule has 2 saturated heterocycles. The number of nitrogens with zero attached hydrogens (tertiary/aromatic N) is 1. The molecule has 0 spiro atoms. The van der Waals surface area contributed by atoms with Crippen molar-refractivity contribution >= 4 is 0 Å². The lowest BCUT2D eigenvalue weighted by Gasteiger charge is -2.35. The molecule has 0 aromatic heterocycles. The van der Waals surface area contributed by atoms with Crippen LogP contribution in [0.15, 0.2) is 30.3 Å². The molecule has 2 heterocycles. The van der Waals surface area contributed by atoms with Gasteiger partial charge in [-0.3, -0.25) is 4.90 Å². The molecule has 2 fully saturated rings. The SMILES string of the molecule is CC12CNCC[C@@H]1CN(Cc1ccccc1)C2. The molecule has 0 bridgehead atoms. The summed E-state index contributed by atoms with van der Waals surface area (Å²) in [5.41, 5.74) is 1.95. The highest BCUT2D eigenvalue weighted by Crippen LogP contribution is 2.39. The number of fused-ring (bicyclic) bond motifs is 1. The van der Waals surface area contributed by atoms with E-state index in [1.807, 2.05) is 0 Å². The molecule has 0 aliphatic carbocycles. The third-order valence-corrected chi connectivity index (χ3v) is 4.50. The van der Waals surface area contributed by atoms with Crippen LogP contribution in [0.25, 0.3) is 0 Å². The summed E-state index contributed by atoms with van der Waals surface area (Å²) in [5.74, 6) is 0.896. The van der Waals surface area contributed by atoms with Crippen LogP contribution in [0.5, 0.6) is 0 Å². The Balaban J connectivity index is 1.67. The Hall–Kier alpha value is -0.860. The quantitative estimate of drug-likeness (QED) is 0.837. The topological polar surface area (TPSA) is 15.3 Å². The van der Waals surface area contributed by atoms with Gasteiger partial charge in [0.2, 0.25) is 0 Å². The Bertz CT molecular complexity index is 376. The summed E-state index contributed by atoms with van der Waals surface area (Å²) in [7, 11) is 0. The zero-order valence-electron chi connectivity index (χ0n) is 10.7. The van der Waals surface area contributed by atoms with E-state index in [4.69, 9.17) is 0 Å². The average molecular weight is 230 g/mol. The van der Waals surface area contributed by atoms with Gasteiger partial charge in [0.25, 0.3) is 0 Å². The zero-order valence-corrected chi connectivity index (χ0v) is 10.7.